The number of hydrogen-bond acceptors (Lipinski definition) is 6. The van der Waals surface area contributed by atoms with E-state index in [9.17, 15) is 0 Å². The van der Waals surface area contributed by atoms with E-state index >= 15 is 0 Å². The second-order valence-corrected chi connectivity index (χ2v) is 9.62. The van der Waals surface area contributed by atoms with E-state index in [-0.39, 0.29) is 5.37 Å². The minimum absolute atomic E-state index is 0.201. The molecule has 2 N–H and O–H groups in total. The molecule has 1 saturated heterocycles. The number of likely N-dealkylation sites (tertiary alicyclic amines) is 1. The first-order valence-corrected chi connectivity index (χ1v) is 11.6. The zero-order valence-corrected chi connectivity index (χ0v) is 18.9. The van der Waals surface area contributed by atoms with Gasteiger partial charge < -0.3 is 5.32 Å². The van der Waals surface area contributed by atoms with Crippen molar-refractivity contribution in [3.63, 3.8) is 0 Å². The molecule has 160 valence electrons. The van der Waals surface area contributed by atoms with Gasteiger partial charge >= 0.3 is 0 Å². The predicted molar refractivity (Wildman–Crippen MR) is 125 cm³/mol. The minimum Gasteiger partial charge on any atom is -0.355 e. The summed E-state index contributed by atoms with van der Waals surface area (Å²) >= 11 is 1.81. The zero-order valence-electron chi connectivity index (χ0n) is 18.1. The highest BCUT2D eigenvalue weighted by molar-refractivity contribution is 8.03. The van der Waals surface area contributed by atoms with E-state index in [1.54, 1.807) is 0 Å². The molecule has 8 heteroatoms. The molecule has 4 heterocycles. The number of thioether (sulfide) groups is 1. The van der Waals surface area contributed by atoms with Crippen LogP contribution in [0, 0.1) is 12.8 Å². The van der Waals surface area contributed by atoms with Gasteiger partial charge in [-0.15, -0.1) is 11.8 Å². The Labute approximate surface area is 182 Å². The lowest BCUT2D eigenvalue weighted by atomic mass is 10.0. The van der Waals surface area contributed by atoms with Gasteiger partial charge in [0.2, 0.25) is 0 Å². The number of fused-ring (bicyclic) bond motifs is 1. The first-order valence-electron chi connectivity index (χ1n) is 10.7. The van der Waals surface area contributed by atoms with Crippen molar-refractivity contribution < 1.29 is 0 Å². The van der Waals surface area contributed by atoms with Crippen LogP contribution in [0.15, 0.2) is 36.3 Å². The Bertz CT molecular complexity index is 995. The molecule has 3 aromatic rings. The van der Waals surface area contributed by atoms with Gasteiger partial charge in [0.25, 0.3) is 0 Å². The van der Waals surface area contributed by atoms with E-state index in [1.165, 1.54) is 30.8 Å². The molecule has 0 spiro atoms. The summed E-state index contributed by atoms with van der Waals surface area (Å²) in [5.41, 5.74) is 3.77. The van der Waals surface area contributed by atoms with Crippen LogP contribution in [-0.4, -0.2) is 54.5 Å². The summed E-state index contributed by atoms with van der Waals surface area (Å²) in [6.45, 7) is 14.2. The summed E-state index contributed by atoms with van der Waals surface area (Å²) in [4.78, 5) is 13.1. The van der Waals surface area contributed by atoms with Crippen LogP contribution in [0.3, 0.4) is 0 Å². The van der Waals surface area contributed by atoms with Crippen molar-refractivity contribution in [1.82, 2.24) is 29.5 Å². The Hall–Kier alpha value is -2.32. The molecular formula is C22H31N7S. The molecule has 0 bridgehead atoms. The van der Waals surface area contributed by atoms with E-state index in [0.29, 0.717) is 0 Å². The number of anilines is 1. The number of aryl methyl sites for hydroxylation is 1. The van der Waals surface area contributed by atoms with Crippen LogP contribution in [0.5, 0.6) is 0 Å². The summed E-state index contributed by atoms with van der Waals surface area (Å²) in [5.74, 6) is 1.59. The normalized spacial score (nSPS) is 18.6. The Morgan fingerprint density at radius 1 is 1.43 bits per heavy atom. The van der Waals surface area contributed by atoms with Gasteiger partial charge in [0.1, 0.15) is 0 Å². The first-order chi connectivity index (χ1) is 14.5. The molecule has 0 radical (unpaired) electrons. The number of aromatic amines is 1. The molecule has 7 nitrogen and oxygen atoms in total. The van der Waals surface area contributed by atoms with Crippen molar-refractivity contribution >= 4 is 23.2 Å². The Morgan fingerprint density at radius 2 is 2.30 bits per heavy atom. The third-order valence-corrected chi connectivity index (χ3v) is 6.72. The average Bonchev–Trinajstić information content (AvgIpc) is 3.36. The quantitative estimate of drug-likeness (QED) is 0.516. The van der Waals surface area contributed by atoms with Gasteiger partial charge in [-0.3, -0.25) is 14.4 Å². The summed E-state index contributed by atoms with van der Waals surface area (Å²) in [6, 6.07) is 0. The predicted octanol–water partition coefficient (Wildman–Crippen LogP) is 4.55. The molecule has 2 atom stereocenters. The highest BCUT2D eigenvalue weighted by atomic mass is 32.2. The number of hydrogen-bond donors (Lipinski definition) is 2. The molecule has 0 saturated carbocycles. The van der Waals surface area contributed by atoms with E-state index < -0.39 is 0 Å². The van der Waals surface area contributed by atoms with Gasteiger partial charge in [0.05, 0.1) is 29.2 Å². The van der Waals surface area contributed by atoms with Crippen LogP contribution in [-0.2, 0) is 0 Å². The van der Waals surface area contributed by atoms with Crippen LogP contribution in [0.25, 0.3) is 16.9 Å². The zero-order chi connectivity index (χ0) is 21.1. The summed E-state index contributed by atoms with van der Waals surface area (Å²) < 4.78 is 2.08. The smallest absolute Gasteiger partial charge is 0.180 e. The average molecular weight is 426 g/mol. The highest BCUT2D eigenvalue weighted by Crippen LogP contribution is 2.29. The summed E-state index contributed by atoms with van der Waals surface area (Å²) in [6.07, 6.45) is 11.2. The Morgan fingerprint density at radius 3 is 3.03 bits per heavy atom. The number of H-pyrrole nitrogens is 1. The molecule has 30 heavy (non-hydrogen) atoms. The van der Waals surface area contributed by atoms with Gasteiger partial charge in [-0.1, -0.05) is 20.4 Å². The fourth-order valence-corrected chi connectivity index (χ4v) is 5.09. The third-order valence-electron chi connectivity index (χ3n) is 5.53. The molecule has 4 rings (SSSR count). The second-order valence-electron chi connectivity index (χ2n) is 8.24. The van der Waals surface area contributed by atoms with Crippen molar-refractivity contribution in [2.45, 2.75) is 45.4 Å². The molecule has 2 unspecified atom stereocenters. The molecule has 0 amide bonds. The second kappa shape index (κ2) is 9.22. The van der Waals surface area contributed by atoms with Crippen molar-refractivity contribution in [3.8, 4) is 11.3 Å². The number of rotatable bonds is 8. The standard InChI is InChI=1S/C22H31N7S/c1-5-20(30-17(4)14-28-8-6-7-15(2)12-28)27-21-22-23-11-19(18-9-24-25-10-18)29(22)13-16(3)26-21/h9-11,13,15,20H,4-8,12,14H2,1-3H3,(H,24,25)(H,26,27). The maximum atomic E-state index is 4.75. The van der Waals surface area contributed by atoms with Crippen molar-refractivity contribution in [1.29, 1.82) is 0 Å². The third kappa shape index (κ3) is 4.70. The molecule has 3 aromatic heterocycles. The van der Waals surface area contributed by atoms with Gasteiger partial charge in [0.15, 0.2) is 11.5 Å². The van der Waals surface area contributed by atoms with Crippen molar-refractivity contribution in [3.05, 3.63) is 42.0 Å². The lowest BCUT2D eigenvalue weighted by Crippen LogP contribution is -2.35. The maximum Gasteiger partial charge on any atom is 0.180 e. The van der Waals surface area contributed by atoms with Crippen LogP contribution in [0.1, 0.15) is 38.8 Å². The largest absolute Gasteiger partial charge is 0.355 e. The number of nitrogens with zero attached hydrogens (tertiary/aromatic N) is 5. The topological polar surface area (TPSA) is 74.1 Å². The van der Waals surface area contributed by atoms with Crippen LogP contribution >= 0.6 is 11.8 Å². The molecule has 1 aliphatic rings. The maximum absolute atomic E-state index is 4.75. The number of imidazole rings is 1. The van der Waals surface area contributed by atoms with E-state index in [4.69, 9.17) is 4.98 Å². The first kappa shape index (κ1) is 20.9. The Balaban J connectivity index is 1.48. The van der Waals surface area contributed by atoms with E-state index in [2.05, 4.69) is 50.2 Å². The van der Waals surface area contributed by atoms with E-state index in [1.807, 2.05) is 43.5 Å². The monoisotopic (exact) mass is 425 g/mol. The molecular weight excluding hydrogens is 394 g/mol. The fraction of sp³-hybridized carbons (Fsp3) is 0.500. The summed E-state index contributed by atoms with van der Waals surface area (Å²) in [7, 11) is 0. The van der Waals surface area contributed by atoms with E-state index in [0.717, 1.165) is 47.3 Å². The molecule has 0 aromatic carbocycles. The lowest BCUT2D eigenvalue weighted by Gasteiger charge is -2.31. The highest BCUT2D eigenvalue weighted by Gasteiger charge is 2.19. The van der Waals surface area contributed by atoms with Gasteiger partial charge in [-0.2, -0.15) is 5.10 Å². The fourth-order valence-electron chi connectivity index (χ4n) is 4.10. The minimum atomic E-state index is 0.201. The molecule has 1 aliphatic heterocycles. The van der Waals surface area contributed by atoms with Gasteiger partial charge in [-0.25, -0.2) is 9.97 Å². The van der Waals surface area contributed by atoms with Gasteiger partial charge in [-0.05, 0) is 43.6 Å². The SMILES string of the molecule is C=C(CN1CCCC(C)C1)SC(CC)Nc1nc(C)cn2c(-c3cn[nH]c3)cnc12. The lowest BCUT2D eigenvalue weighted by molar-refractivity contribution is 0.200. The van der Waals surface area contributed by atoms with Crippen LogP contribution < -0.4 is 5.32 Å². The summed E-state index contributed by atoms with van der Waals surface area (Å²) in [5, 5.41) is 10.7. The van der Waals surface area contributed by atoms with Crippen LogP contribution in [0.2, 0.25) is 0 Å². The Kier molecular flexibility index (Phi) is 6.43. The molecule has 0 aliphatic carbocycles. The molecule has 1 fully saturated rings. The van der Waals surface area contributed by atoms with Crippen molar-refractivity contribution in [2.75, 3.05) is 25.0 Å². The number of piperidine rings is 1. The van der Waals surface area contributed by atoms with Gasteiger partial charge in [0, 0.05) is 31.0 Å². The van der Waals surface area contributed by atoms with Crippen LogP contribution in [0.4, 0.5) is 5.82 Å². The number of aromatic nitrogens is 5. The van der Waals surface area contributed by atoms with Crippen molar-refractivity contribution in [2.24, 2.45) is 5.92 Å². The number of nitrogens with one attached hydrogen (secondary N) is 2.